The summed E-state index contributed by atoms with van der Waals surface area (Å²) in [6.45, 7) is 3.99. The molecule has 0 radical (unpaired) electrons. The smallest absolute Gasteiger partial charge is 0.348 e. The van der Waals surface area contributed by atoms with E-state index in [1.165, 1.54) is 17.4 Å². The first kappa shape index (κ1) is 17.8. The monoisotopic (exact) mass is 365 g/mol. The SMILES string of the molecule is CCOC(=O)c1sc2cccc(F)c2c1C[NH+]1CCC[C@@H](C(N)=O)C1. The lowest BCUT2D eigenvalue weighted by atomic mass is 9.97. The third-order valence-electron chi connectivity index (χ3n) is 4.67. The number of benzene rings is 1. The van der Waals surface area contributed by atoms with E-state index in [9.17, 15) is 14.0 Å². The Morgan fingerprint density at radius 2 is 2.24 bits per heavy atom. The van der Waals surface area contributed by atoms with Gasteiger partial charge in [-0.2, -0.15) is 0 Å². The lowest BCUT2D eigenvalue weighted by molar-refractivity contribution is -0.920. The molecule has 2 aromatic rings. The van der Waals surface area contributed by atoms with Gasteiger partial charge in [0.2, 0.25) is 5.91 Å². The highest BCUT2D eigenvalue weighted by atomic mass is 32.1. The molecule has 7 heteroatoms. The summed E-state index contributed by atoms with van der Waals surface area (Å²) in [5, 5.41) is 0.490. The van der Waals surface area contributed by atoms with Crippen molar-refractivity contribution in [2.75, 3.05) is 19.7 Å². The molecular formula is C18H22FN2O3S+. The van der Waals surface area contributed by atoms with Crippen LogP contribution in [-0.4, -0.2) is 31.6 Å². The number of esters is 1. The lowest BCUT2D eigenvalue weighted by Gasteiger charge is -2.28. The van der Waals surface area contributed by atoms with Gasteiger partial charge in [0.05, 0.1) is 25.6 Å². The van der Waals surface area contributed by atoms with Crippen LogP contribution >= 0.6 is 11.3 Å². The van der Waals surface area contributed by atoms with Crippen LogP contribution in [0.15, 0.2) is 18.2 Å². The molecule has 1 amide bonds. The number of hydrogen-bond acceptors (Lipinski definition) is 4. The fraction of sp³-hybridized carbons (Fsp3) is 0.444. The van der Waals surface area contributed by atoms with Crippen molar-refractivity contribution in [1.82, 2.24) is 0 Å². The van der Waals surface area contributed by atoms with E-state index in [4.69, 9.17) is 10.5 Å². The van der Waals surface area contributed by atoms with Gasteiger partial charge in [-0.3, -0.25) is 4.79 Å². The standard InChI is InChI=1S/C18H21FN2O3S/c1-2-24-18(23)16-12(15-13(19)6-3-7-14(15)25-16)10-21-8-4-5-11(9-21)17(20)22/h3,6-7,11H,2,4-5,8-10H2,1H3,(H2,20,22)/p+1/t11-/m1/s1. The second-order valence-corrected chi connectivity index (χ2v) is 7.42. The Bertz CT molecular complexity index is 805. The number of nitrogens with one attached hydrogen (secondary N) is 1. The van der Waals surface area contributed by atoms with Crippen molar-refractivity contribution in [3.8, 4) is 0 Å². The summed E-state index contributed by atoms with van der Waals surface area (Å²) in [6, 6.07) is 4.86. The Morgan fingerprint density at radius 3 is 2.96 bits per heavy atom. The number of carbonyl (C=O) groups is 2. The minimum atomic E-state index is -0.416. The molecule has 5 nitrogen and oxygen atoms in total. The number of hydrogen-bond donors (Lipinski definition) is 2. The Labute approximate surface area is 149 Å². The third-order valence-corrected chi connectivity index (χ3v) is 5.85. The molecule has 2 atom stereocenters. The fourth-order valence-corrected chi connectivity index (χ4v) is 4.63. The maximum Gasteiger partial charge on any atom is 0.348 e. The van der Waals surface area contributed by atoms with Gasteiger partial charge in [-0.1, -0.05) is 6.07 Å². The highest BCUT2D eigenvalue weighted by Gasteiger charge is 2.30. The average molecular weight is 365 g/mol. The molecule has 0 saturated carbocycles. The zero-order valence-corrected chi connectivity index (χ0v) is 15.0. The number of ether oxygens (including phenoxy) is 1. The molecule has 1 aliphatic heterocycles. The van der Waals surface area contributed by atoms with Gasteiger partial charge in [0.15, 0.2) is 0 Å². The molecule has 1 unspecified atom stereocenters. The topological polar surface area (TPSA) is 73.8 Å². The summed E-state index contributed by atoms with van der Waals surface area (Å²) in [4.78, 5) is 25.4. The number of halogens is 1. The van der Waals surface area contributed by atoms with Crippen LogP contribution in [0.2, 0.25) is 0 Å². The van der Waals surface area contributed by atoms with Gasteiger partial charge in [0.25, 0.3) is 0 Å². The van der Waals surface area contributed by atoms with E-state index < -0.39 is 5.97 Å². The van der Waals surface area contributed by atoms with E-state index in [1.54, 1.807) is 13.0 Å². The van der Waals surface area contributed by atoms with Crippen molar-refractivity contribution in [3.63, 3.8) is 0 Å². The second-order valence-electron chi connectivity index (χ2n) is 6.37. The van der Waals surface area contributed by atoms with Crippen LogP contribution < -0.4 is 10.6 Å². The van der Waals surface area contributed by atoms with Crippen LogP contribution in [0, 0.1) is 11.7 Å². The minimum Gasteiger partial charge on any atom is -0.462 e. The largest absolute Gasteiger partial charge is 0.462 e. The molecule has 3 N–H and O–H groups in total. The second kappa shape index (κ2) is 7.49. The van der Waals surface area contributed by atoms with E-state index in [2.05, 4.69) is 0 Å². The molecule has 1 aromatic carbocycles. The van der Waals surface area contributed by atoms with Crippen molar-refractivity contribution < 1.29 is 23.6 Å². The van der Waals surface area contributed by atoms with E-state index in [0.717, 1.165) is 29.0 Å². The normalized spacial score (nSPS) is 20.6. The summed E-state index contributed by atoms with van der Waals surface area (Å²) in [5.74, 6) is -1.20. The summed E-state index contributed by atoms with van der Waals surface area (Å²) in [6.07, 6.45) is 1.69. The first-order valence-electron chi connectivity index (χ1n) is 8.51. The molecule has 0 aliphatic carbocycles. The zero-order chi connectivity index (χ0) is 18.0. The summed E-state index contributed by atoms with van der Waals surface area (Å²) >= 11 is 1.26. The third kappa shape index (κ3) is 3.67. The zero-order valence-electron chi connectivity index (χ0n) is 14.1. The van der Waals surface area contributed by atoms with Gasteiger partial charge >= 0.3 is 5.97 Å². The molecule has 1 aromatic heterocycles. The molecule has 1 fully saturated rings. The molecular weight excluding hydrogens is 343 g/mol. The van der Waals surface area contributed by atoms with Crippen molar-refractivity contribution in [2.45, 2.75) is 26.3 Å². The van der Waals surface area contributed by atoms with Crippen molar-refractivity contribution in [2.24, 2.45) is 11.7 Å². The maximum atomic E-state index is 14.4. The Hall–Kier alpha value is -1.99. The Morgan fingerprint density at radius 1 is 1.44 bits per heavy atom. The maximum absolute atomic E-state index is 14.4. The van der Waals surface area contributed by atoms with Crippen LogP contribution in [0.4, 0.5) is 4.39 Å². The van der Waals surface area contributed by atoms with Crippen molar-refractivity contribution >= 4 is 33.3 Å². The number of primary amides is 1. The van der Waals surface area contributed by atoms with E-state index >= 15 is 0 Å². The number of quaternary nitrogens is 1. The molecule has 0 spiro atoms. The van der Waals surface area contributed by atoms with Gasteiger partial charge in [-0.15, -0.1) is 11.3 Å². The van der Waals surface area contributed by atoms with Crippen LogP contribution in [0.3, 0.4) is 0 Å². The number of likely N-dealkylation sites (tertiary alicyclic amines) is 1. The summed E-state index contributed by atoms with van der Waals surface area (Å²) in [5.41, 5.74) is 6.13. The van der Waals surface area contributed by atoms with Crippen LogP contribution in [0.1, 0.15) is 35.0 Å². The predicted octanol–water partition coefficient (Wildman–Crippen LogP) is 1.50. The highest BCUT2D eigenvalue weighted by Crippen LogP contribution is 2.33. The highest BCUT2D eigenvalue weighted by molar-refractivity contribution is 7.21. The van der Waals surface area contributed by atoms with E-state index in [-0.39, 0.29) is 24.2 Å². The van der Waals surface area contributed by atoms with Gasteiger partial charge < -0.3 is 15.4 Å². The Balaban J connectivity index is 1.97. The van der Waals surface area contributed by atoms with Gasteiger partial charge in [0.1, 0.15) is 17.2 Å². The first-order chi connectivity index (χ1) is 12.0. The van der Waals surface area contributed by atoms with E-state index in [0.29, 0.717) is 28.9 Å². The number of carbonyl (C=O) groups excluding carboxylic acids is 2. The van der Waals surface area contributed by atoms with Gasteiger partial charge in [0, 0.05) is 15.6 Å². The molecule has 2 heterocycles. The number of rotatable bonds is 5. The first-order valence-corrected chi connectivity index (χ1v) is 9.32. The molecule has 1 aliphatic rings. The van der Waals surface area contributed by atoms with Crippen LogP contribution in [-0.2, 0) is 16.1 Å². The molecule has 1 saturated heterocycles. The van der Waals surface area contributed by atoms with Crippen molar-refractivity contribution in [3.05, 3.63) is 34.5 Å². The number of fused-ring (bicyclic) bond motifs is 1. The number of nitrogens with two attached hydrogens (primary N) is 1. The summed E-state index contributed by atoms with van der Waals surface area (Å²) in [7, 11) is 0. The lowest BCUT2D eigenvalue weighted by Crippen LogP contribution is -3.12. The van der Waals surface area contributed by atoms with E-state index in [1.807, 2.05) is 6.07 Å². The number of thiophene rings is 1. The Kier molecular flexibility index (Phi) is 5.34. The minimum absolute atomic E-state index is 0.162. The number of piperidine rings is 1. The molecule has 3 rings (SSSR count). The van der Waals surface area contributed by atoms with Crippen molar-refractivity contribution in [1.29, 1.82) is 0 Å². The fourth-order valence-electron chi connectivity index (χ4n) is 3.50. The van der Waals surface area contributed by atoms with Gasteiger partial charge in [-0.25, -0.2) is 9.18 Å². The van der Waals surface area contributed by atoms with Crippen LogP contribution in [0.25, 0.3) is 10.1 Å². The predicted molar refractivity (Wildman–Crippen MR) is 94.1 cm³/mol. The van der Waals surface area contributed by atoms with Gasteiger partial charge in [-0.05, 0) is 31.9 Å². The number of amides is 1. The average Bonchev–Trinajstić information content (AvgIpc) is 2.95. The molecule has 0 bridgehead atoms. The summed E-state index contributed by atoms with van der Waals surface area (Å²) < 4.78 is 20.3. The molecule has 134 valence electrons. The quantitative estimate of drug-likeness (QED) is 0.789. The van der Waals surface area contributed by atoms with Crippen LogP contribution in [0.5, 0.6) is 0 Å². The molecule has 25 heavy (non-hydrogen) atoms.